The van der Waals surface area contributed by atoms with Crippen molar-refractivity contribution in [3.8, 4) is 16.5 Å². The van der Waals surface area contributed by atoms with Gasteiger partial charge in [0, 0.05) is 12.6 Å². The fourth-order valence-electron chi connectivity index (χ4n) is 1.73. The first-order valence-electron chi connectivity index (χ1n) is 5.79. The molecule has 0 radical (unpaired) electrons. The summed E-state index contributed by atoms with van der Waals surface area (Å²) in [7, 11) is 1.51. The summed E-state index contributed by atoms with van der Waals surface area (Å²) >= 11 is 0.950. The molecule has 0 aliphatic rings. The predicted octanol–water partition coefficient (Wildman–Crippen LogP) is 1.41. The molecule has 0 atom stereocenters. The molecule has 0 amide bonds. The first kappa shape index (κ1) is 13.3. The molecular formula is C12H8FN5O2S. The van der Waals surface area contributed by atoms with Gasteiger partial charge in [-0.2, -0.15) is 0 Å². The topological polar surface area (TPSA) is 93.8 Å². The third kappa shape index (κ3) is 2.38. The Morgan fingerprint density at radius 3 is 2.90 bits per heavy atom. The molecule has 21 heavy (non-hydrogen) atoms. The molecule has 2 heterocycles. The average molecular weight is 305 g/mol. The number of carbonyl (C=O) groups excluding carboxylic acids is 1. The average Bonchev–Trinajstić information content (AvgIpc) is 3.04. The second-order valence-electron chi connectivity index (χ2n) is 4.14. The Balaban J connectivity index is 2.03. The van der Waals surface area contributed by atoms with Gasteiger partial charge in [0.25, 0.3) is 0 Å². The Bertz CT molecular complexity index is 829. The zero-order chi connectivity index (χ0) is 15.0. The number of hydrogen-bond acceptors (Lipinski definition) is 7. The van der Waals surface area contributed by atoms with Gasteiger partial charge in [-0.15, -0.1) is 16.4 Å². The SMILES string of the molecule is Cn1nnnc1C(=O)c1sc(-c2cccc(F)c2)nc1O. The fraction of sp³-hybridized carbons (Fsp3) is 0.0833. The number of thiazole rings is 1. The van der Waals surface area contributed by atoms with Crippen molar-refractivity contribution in [1.82, 2.24) is 25.2 Å². The second-order valence-corrected chi connectivity index (χ2v) is 5.14. The van der Waals surface area contributed by atoms with Crippen molar-refractivity contribution in [1.29, 1.82) is 0 Å². The predicted molar refractivity (Wildman–Crippen MR) is 71.4 cm³/mol. The van der Waals surface area contributed by atoms with Crippen LogP contribution in [0.3, 0.4) is 0 Å². The van der Waals surface area contributed by atoms with Crippen LogP contribution in [0.15, 0.2) is 24.3 Å². The molecule has 1 aromatic carbocycles. The van der Waals surface area contributed by atoms with Gasteiger partial charge in [-0.05, 0) is 22.6 Å². The molecule has 0 spiro atoms. The quantitative estimate of drug-likeness (QED) is 0.735. The standard InChI is InChI=1S/C12H8FN5O2S/c1-18-10(15-16-17-18)8(19)9-11(20)14-12(21-9)6-3-2-4-7(13)5-6/h2-5,20H,1H3. The number of tetrazole rings is 1. The van der Waals surface area contributed by atoms with Gasteiger partial charge in [0.05, 0.1) is 0 Å². The second kappa shape index (κ2) is 5.02. The van der Waals surface area contributed by atoms with E-state index < -0.39 is 17.5 Å². The molecule has 0 fully saturated rings. The van der Waals surface area contributed by atoms with E-state index in [4.69, 9.17) is 0 Å². The van der Waals surface area contributed by atoms with E-state index in [0.717, 1.165) is 11.3 Å². The maximum absolute atomic E-state index is 13.2. The maximum atomic E-state index is 13.2. The van der Waals surface area contributed by atoms with Gasteiger partial charge in [-0.1, -0.05) is 12.1 Å². The Kier molecular flexibility index (Phi) is 3.18. The minimum atomic E-state index is -0.542. The fourth-order valence-corrected chi connectivity index (χ4v) is 2.62. The summed E-state index contributed by atoms with van der Waals surface area (Å²) in [4.78, 5) is 16.1. The molecule has 0 saturated carbocycles. The molecule has 0 bridgehead atoms. The number of benzene rings is 1. The van der Waals surface area contributed by atoms with Crippen LogP contribution in [0, 0.1) is 5.82 Å². The lowest BCUT2D eigenvalue weighted by atomic mass is 10.2. The number of aromatic hydroxyl groups is 1. The van der Waals surface area contributed by atoms with E-state index in [1.807, 2.05) is 0 Å². The van der Waals surface area contributed by atoms with E-state index in [1.165, 1.54) is 29.9 Å². The highest BCUT2D eigenvalue weighted by Crippen LogP contribution is 2.33. The van der Waals surface area contributed by atoms with Crippen molar-refractivity contribution in [3.63, 3.8) is 0 Å². The summed E-state index contributed by atoms with van der Waals surface area (Å²) in [5.74, 6) is -1.40. The molecule has 3 aromatic rings. The van der Waals surface area contributed by atoms with Crippen molar-refractivity contribution in [2.45, 2.75) is 0 Å². The van der Waals surface area contributed by atoms with E-state index in [0.29, 0.717) is 10.6 Å². The van der Waals surface area contributed by atoms with Crippen molar-refractivity contribution < 1.29 is 14.3 Å². The molecule has 1 N–H and O–H groups in total. The smallest absolute Gasteiger partial charge is 0.247 e. The van der Waals surface area contributed by atoms with Gasteiger partial charge < -0.3 is 5.11 Å². The number of aryl methyl sites for hydroxylation is 1. The number of halogens is 1. The Labute approximate surface area is 121 Å². The number of carbonyl (C=O) groups is 1. The highest BCUT2D eigenvalue weighted by molar-refractivity contribution is 7.17. The summed E-state index contributed by atoms with van der Waals surface area (Å²) in [5.41, 5.74) is 0.477. The van der Waals surface area contributed by atoms with Gasteiger partial charge in [0.2, 0.25) is 17.5 Å². The highest BCUT2D eigenvalue weighted by atomic mass is 32.1. The normalized spacial score (nSPS) is 10.8. The van der Waals surface area contributed by atoms with Crippen molar-refractivity contribution in [3.05, 3.63) is 40.8 Å². The molecule has 3 rings (SSSR count). The van der Waals surface area contributed by atoms with E-state index >= 15 is 0 Å². The Morgan fingerprint density at radius 2 is 2.24 bits per heavy atom. The van der Waals surface area contributed by atoms with Gasteiger partial charge >= 0.3 is 0 Å². The van der Waals surface area contributed by atoms with Gasteiger partial charge in [0.15, 0.2) is 0 Å². The van der Waals surface area contributed by atoms with E-state index in [9.17, 15) is 14.3 Å². The largest absolute Gasteiger partial charge is 0.492 e. The summed E-state index contributed by atoms with van der Waals surface area (Å²) < 4.78 is 14.4. The van der Waals surface area contributed by atoms with Crippen LogP contribution in [0.5, 0.6) is 5.88 Å². The summed E-state index contributed by atoms with van der Waals surface area (Å²) in [6.07, 6.45) is 0. The lowest BCUT2D eigenvalue weighted by Crippen LogP contribution is -2.08. The summed E-state index contributed by atoms with van der Waals surface area (Å²) in [6.45, 7) is 0. The van der Waals surface area contributed by atoms with Crippen LogP contribution < -0.4 is 0 Å². The number of ketones is 1. The molecule has 0 aliphatic carbocycles. The molecule has 9 heteroatoms. The zero-order valence-corrected chi connectivity index (χ0v) is 11.5. The zero-order valence-electron chi connectivity index (χ0n) is 10.7. The van der Waals surface area contributed by atoms with Crippen LogP contribution in [0.4, 0.5) is 4.39 Å². The minimum Gasteiger partial charge on any atom is -0.492 e. The number of hydrogen-bond donors (Lipinski definition) is 1. The molecule has 0 unspecified atom stereocenters. The first-order chi connectivity index (χ1) is 10.1. The van der Waals surface area contributed by atoms with Gasteiger partial charge in [-0.25, -0.2) is 14.1 Å². The van der Waals surface area contributed by atoms with Crippen LogP contribution in [0.2, 0.25) is 0 Å². The Morgan fingerprint density at radius 1 is 1.43 bits per heavy atom. The minimum absolute atomic E-state index is 0.00663. The lowest BCUT2D eigenvalue weighted by Gasteiger charge is -1.95. The number of aromatic nitrogens is 5. The van der Waals surface area contributed by atoms with Gasteiger partial charge in [0.1, 0.15) is 15.7 Å². The van der Waals surface area contributed by atoms with Crippen LogP contribution in [0.1, 0.15) is 15.5 Å². The van der Waals surface area contributed by atoms with E-state index in [1.54, 1.807) is 6.07 Å². The Hall–Kier alpha value is -2.68. The molecular weight excluding hydrogens is 297 g/mol. The molecule has 0 aliphatic heterocycles. The van der Waals surface area contributed by atoms with Crippen molar-refractivity contribution >= 4 is 17.1 Å². The third-order valence-corrected chi connectivity index (χ3v) is 3.80. The summed E-state index contributed by atoms with van der Waals surface area (Å²) in [5, 5.41) is 20.7. The van der Waals surface area contributed by atoms with E-state index in [-0.39, 0.29) is 10.7 Å². The molecule has 0 saturated heterocycles. The van der Waals surface area contributed by atoms with Crippen LogP contribution >= 0.6 is 11.3 Å². The van der Waals surface area contributed by atoms with E-state index in [2.05, 4.69) is 20.5 Å². The lowest BCUT2D eigenvalue weighted by molar-refractivity contribution is 0.102. The number of nitrogens with zero attached hydrogens (tertiary/aromatic N) is 5. The third-order valence-electron chi connectivity index (χ3n) is 2.71. The molecule has 7 nitrogen and oxygen atoms in total. The molecule has 2 aromatic heterocycles. The summed E-state index contributed by atoms with van der Waals surface area (Å²) in [6, 6.07) is 5.74. The van der Waals surface area contributed by atoms with Gasteiger partial charge in [-0.3, -0.25) is 4.79 Å². The van der Waals surface area contributed by atoms with Crippen molar-refractivity contribution in [2.24, 2.45) is 7.05 Å². The number of rotatable bonds is 3. The van der Waals surface area contributed by atoms with Crippen LogP contribution in [0.25, 0.3) is 10.6 Å². The van der Waals surface area contributed by atoms with Crippen LogP contribution in [-0.4, -0.2) is 36.1 Å². The highest BCUT2D eigenvalue weighted by Gasteiger charge is 2.24. The van der Waals surface area contributed by atoms with Crippen LogP contribution in [-0.2, 0) is 7.05 Å². The maximum Gasteiger partial charge on any atom is 0.247 e. The molecule has 106 valence electrons. The monoisotopic (exact) mass is 305 g/mol. The first-order valence-corrected chi connectivity index (χ1v) is 6.60. The van der Waals surface area contributed by atoms with Crippen molar-refractivity contribution in [2.75, 3.05) is 0 Å².